The fraction of sp³-hybridized carbons (Fsp3) is 0.522. The Morgan fingerprint density at radius 2 is 1.91 bits per heavy atom. The van der Waals surface area contributed by atoms with Gasteiger partial charge in [0.1, 0.15) is 22.8 Å². The Kier molecular flexibility index (Phi) is 8.39. The van der Waals surface area contributed by atoms with Crippen LogP contribution in [0.3, 0.4) is 0 Å². The lowest BCUT2D eigenvalue weighted by Crippen LogP contribution is -2.73. The van der Waals surface area contributed by atoms with Crippen LogP contribution in [0.4, 0.5) is 0 Å². The van der Waals surface area contributed by atoms with Crippen molar-refractivity contribution in [1.29, 1.82) is 0 Å². The molecular formula is C23H28N2O9S. The van der Waals surface area contributed by atoms with Gasteiger partial charge >= 0.3 is 11.9 Å². The number of β-lactam (4-membered cyclic amide) rings is 1. The van der Waals surface area contributed by atoms with Crippen LogP contribution in [0.2, 0.25) is 0 Å². The summed E-state index contributed by atoms with van der Waals surface area (Å²) in [4.78, 5) is 62.1. The van der Waals surface area contributed by atoms with E-state index in [0.29, 0.717) is 5.75 Å². The molecule has 0 aromatic heterocycles. The minimum atomic E-state index is -1.92. The van der Waals surface area contributed by atoms with Crippen molar-refractivity contribution in [2.75, 3.05) is 12.4 Å². The second kappa shape index (κ2) is 11.1. The molecule has 0 spiro atoms. The van der Waals surface area contributed by atoms with Gasteiger partial charge in [-0.05, 0) is 32.9 Å². The number of hydrogen-bond acceptors (Lipinski definition) is 10. The first kappa shape index (κ1) is 26.5. The van der Waals surface area contributed by atoms with Crippen LogP contribution in [0.5, 0.6) is 5.75 Å². The number of nitrogens with zero attached hydrogens (tertiary/aromatic N) is 1. The first-order chi connectivity index (χ1) is 16.5. The number of hydrogen-bond donors (Lipinski definition) is 2. The maximum atomic E-state index is 12.8. The summed E-state index contributed by atoms with van der Waals surface area (Å²) in [5, 5.41) is 12.1. The maximum absolute atomic E-state index is 12.8. The molecule has 2 saturated heterocycles. The Balaban J connectivity index is 1.65. The van der Waals surface area contributed by atoms with E-state index in [-0.39, 0.29) is 31.0 Å². The Bertz CT molecular complexity index is 979. The number of rotatable bonds is 10. The van der Waals surface area contributed by atoms with Gasteiger partial charge < -0.3 is 24.6 Å². The zero-order valence-corrected chi connectivity index (χ0v) is 20.4. The number of ether oxygens (including phenoxy) is 3. The molecule has 2 aliphatic heterocycles. The molecule has 190 valence electrons. The van der Waals surface area contributed by atoms with Crippen LogP contribution in [0.1, 0.15) is 33.6 Å². The van der Waals surface area contributed by atoms with Crippen LogP contribution < -0.4 is 10.1 Å². The number of nitrogens with one attached hydrogen (secondary N) is 1. The van der Waals surface area contributed by atoms with Crippen molar-refractivity contribution in [2.24, 2.45) is 0 Å². The molecule has 0 saturated carbocycles. The number of thioether (sulfide) groups is 1. The molecular weight excluding hydrogens is 480 g/mol. The molecule has 35 heavy (non-hydrogen) atoms. The number of benzene rings is 1. The molecule has 1 aromatic carbocycles. The van der Waals surface area contributed by atoms with Gasteiger partial charge in [0.2, 0.25) is 6.23 Å². The quantitative estimate of drug-likeness (QED) is 0.336. The third-order valence-corrected chi connectivity index (χ3v) is 6.32. The van der Waals surface area contributed by atoms with Crippen molar-refractivity contribution < 1.29 is 43.3 Å². The van der Waals surface area contributed by atoms with E-state index in [1.54, 1.807) is 51.1 Å². The van der Waals surface area contributed by atoms with E-state index in [0.717, 1.165) is 16.7 Å². The van der Waals surface area contributed by atoms with Crippen molar-refractivity contribution in [2.45, 2.75) is 63.0 Å². The Morgan fingerprint density at radius 3 is 2.51 bits per heavy atom. The molecule has 2 N–H and O–H groups in total. The Morgan fingerprint density at radius 1 is 1.23 bits per heavy atom. The Hall–Kier alpha value is -3.12. The molecule has 0 bridgehead atoms. The van der Waals surface area contributed by atoms with Gasteiger partial charge in [-0.1, -0.05) is 18.2 Å². The molecule has 2 amide bonds. The van der Waals surface area contributed by atoms with E-state index in [9.17, 15) is 29.1 Å². The molecule has 2 aliphatic rings. The summed E-state index contributed by atoms with van der Waals surface area (Å²) in [5.74, 6) is -2.88. The van der Waals surface area contributed by atoms with Crippen molar-refractivity contribution in [3.05, 3.63) is 30.3 Å². The van der Waals surface area contributed by atoms with E-state index >= 15 is 0 Å². The van der Waals surface area contributed by atoms with E-state index in [1.165, 1.54) is 0 Å². The summed E-state index contributed by atoms with van der Waals surface area (Å²) in [6.45, 7) is 4.47. The van der Waals surface area contributed by atoms with Gasteiger partial charge in [-0.15, -0.1) is 11.8 Å². The Labute approximate surface area is 206 Å². The average molecular weight is 509 g/mol. The zero-order chi connectivity index (χ0) is 25.8. The highest BCUT2D eigenvalue weighted by atomic mass is 32.2. The molecule has 2 fully saturated rings. The van der Waals surface area contributed by atoms with Gasteiger partial charge in [-0.2, -0.15) is 0 Å². The number of esters is 2. The lowest BCUT2D eigenvalue weighted by molar-refractivity contribution is -0.189. The van der Waals surface area contributed by atoms with Crippen molar-refractivity contribution >= 4 is 41.3 Å². The van der Waals surface area contributed by atoms with Gasteiger partial charge in [0, 0.05) is 12.8 Å². The third-order valence-electron chi connectivity index (χ3n) is 5.03. The third kappa shape index (κ3) is 6.95. The molecule has 3 rings (SSSR count). The summed E-state index contributed by atoms with van der Waals surface area (Å²) < 4.78 is 15.5. The molecule has 2 heterocycles. The second-order valence-electron chi connectivity index (χ2n) is 8.98. The van der Waals surface area contributed by atoms with Crippen LogP contribution >= 0.6 is 11.8 Å². The number of Topliss-reactive ketones (excluding diaryl/α,β-unsaturated/α-hetero) is 1. The van der Waals surface area contributed by atoms with Crippen LogP contribution in [0.15, 0.2) is 30.3 Å². The molecule has 11 nitrogen and oxygen atoms in total. The SMILES string of the molecule is CC(C)(C)OC(=O)C(O)N1C(=O)C(NC(=O)COc2ccccc2)C1SCC(=O)[C@@H]1CCC(=O)O1. The predicted molar refractivity (Wildman–Crippen MR) is 123 cm³/mol. The van der Waals surface area contributed by atoms with Crippen molar-refractivity contribution in [1.82, 2.24) is 10.2 Å². The normalized spacial score (nSPS) is 22.6. The number of aliphatic hydroxyl groups excluding tert-OH is 1. The zero-order valence-electron chi connectivity index (χ0n) is 19.6. The number of ketones is 1. The lowest BCUT2D eigenvalue weighted by atomic mass is 10.1. The number of amides is 2. The highest BCUT2D eigenvalue weighted by Crippen LogP contribution is 2.33. The van der Waals surface area contributed by atoms with E-state index in [4.69, 9.17) is 14.2 Å². The molecule has 0 radical (unpaired) electrons. The predicted octanol–water partition coefficient (Wildman–Crippen LogP) is 0.387. The van der Waals surface area contributed by atoms with E-state index in [1.807, 2.05) is 0 Å². The van der Waals surface area contributed by atoms with E-state index < -0.39 is 53.1 Å². The number of aliphatic hydroxyl groups is 1. The summed E-state index contributed by atoms with van der Waals surface area (Å²) in [6.07, 6.45) is -2.38. The topological polar surface area (TPSA) is 149 Å². The molecule has 12 heteroatoms. The monoisotopic (exact) mass is 508 g/mol. The standard InChI is InChI=1S/C23H28N2O9S/c1-23(2,3)34-22(31)20(30)25-19(29)18(24-16(27)11-32-13-7-5-4-6-8-13)21(25)35-12-14(26)15-9-10-17(28)33-15/h4-8,15,18,20-21,30H,9-12H2,1-3H3,(H,24,27)/t15-,18?,20?,21?/m0/s1. The molecule has 3 unspecified atom stereocenters. The van der Waals surface area contributed by atoms with Crippen molar-refractivity contribution in [3.8, 4) is 5.75 Å². The van der Waals surface area contributed by atoms with Crippen LogP contribution in [0.25, 0.3) is 0 Å². The summed E-state index contributed by atoms with van der Waals surface area (Å²) in [6, 6.07) is 7.50. The van der Waals surface area contributed by atoms with Gasteiger partial charge in [0.05, 0.1) is 5.75 Å². The minimum Gasteiger partial charge on any atom is -0.484 e. The van der Waals surface area contributed by atoms with Crippen LogP contribution in [0, 0.1) is 0 Å². The van der Waals surface area contributed by atoms with Gasteiger partial charge in [-0.3, -0.25) is 24.1 Å². The number of likely N-dealkylation sites (tertiary alicyclic amines) is 1. The molecule has 4 atom stereocenters. The first-order valence-corrected chi connectivity index (χ1v) is 12.1. The second-order valence-corrected chi connectivity index (χ2v) is 10.1. The molecule has 0 aliphatic carbocycles. The lowest BCUT2D eigenvalue weighted by Gasteiger charge is -2.48. The summed E-state index contributed by atoms with van der Waals surface area (Å²) >= 11 is 0.940. The fourth-order valence-electron chi connectivity index (χ4n) is 3.42. The minimum absolute atomic E-state index is 0.145. The van der Waals surface area contributed by atoms with Crippen LogP contribution in [-0.2, 0) is 33.4 Å². The summed E-state index contributed by atoms with van der Waals surface area (Å²) in [7, 11) is 0. The molecule has 1 aromatic rings. The number of carbonyl (C=O) groups excluding carboxylic acids is 5. The first-order valence-electron chi connectivity index (χ1n) is 11.0. The van der Waals surface area contributed by atoms with Crippen LogP contribution in [-0.4, -0.2) is 81.3 Å². The highest BCUT2D eigenvalue weighted by molar-refractivity contribution is 8.00. The number of cyclic esters (lactones) is 1. The average Bonchev–Trinajstić information content (AvgIpc) is 3.24. The number of carbonyl (C=O) groups is 5. The maximum Gasteiger partial charge on any atom is 0.357 e. The smallest absolute Gasteiger partial charge is 0.357 e. The van der Waals surface area contributed by atoms with Gasteiger partial charge in [0.15, 0.2) is 18.5 Å². The highest BCUT2D eigenvalue weighted by Gasteiger charge is 2.54. The largest absolute Gasteiger partial charge is 0.484 e. The number of para-hydroxylation sites is 1. The fourth-order valence-corrected chi connectivity index (χ4v) is 4.69. The van der Waals surface area contributed by atoms with E-state index in [2.05, 4.69) is 5.32 Å². The van der Waals surface area contributed by atoms with Gasteiger partial charge in [0.25, 0.3) is 11.8 Å². The summed E-state index contributed by atoms with van der Waals surface area (Å²) in [5.41, 5.74) is -0.903. The van der Waals surface area contributed by atoms with Gasteiger partial charge in [-0.25, -0.2) is 4.79 Å². The van der Waals surface area contributed by atoms with Crippen molar-refractivity contribution in [3.63, 3.8) is 0 Å².